The molecule has 1 unspecified atom stereocenters. The van der Waals surface area contributed by atoms with Gasteiger partial charge in [0.25, 0.3) is 5.91 Å². The molecule has 0 bridgehead atoms. The molecule has 4 heteroatoms. The van der Waals surface area contributed by atoms with Crippen molar-refractivity contribution in [1.82, 2.24) is 10.4 Å². The van der Waals surface area contributed by atoms with Gasteiger partial charge in [-0.25, -0.2) is 5.43 Å². The maximum Gasteiger partial charge on any atom is 0.289 e. The Labute approximate surface area is 100 Å². The molecular weight excluding hydrogens is 214 g/mol. The third-order valence-corrected chi connectivity index (χ3v) is 2.66. The van der Waals surface area contributed by atoms with Crippen LogP contribution in [0.4, 0.5) is 0 Å². The van der Waals surface area contributed by atoms with E-state index in [-0.39, 0.29) is 5.91 Å². The van der Waals surface area contributed by atoms with E-state index in [1.165, 1.54) is 0 Å². The van der Waals surface area contributed by atoms with Gasteiger partial charge < -0.3 is 0 Å². The number of hydrogen-bond donors (Lipinski definition) is 1. The molecule has 1 aromatic rings. The van der Waals surface area contributed by atoms with E-state index in [0.717, 1.165) is 19.3 Å². The number of aromatic nitrogens is 1. The number of hydrogen-bond acceptors (Lipinski definition) is 3. The fraction of sp³-hybridized carbons (Fsp3) is 0.308. The second kappa shape index (κ2) is 5.94. The minimum Gasteiger partial charge on any atom is -0.266 e. The summed E-state index contributed by atoms with van der Waals surface area (Å²) in [6.07, 6.45) is 10.9. The van der Waals surface area contributed by atoms with Crippen LogP contribution in [0.3, 0.4) is 0 Å². The Kier molecular flexibility index (Phi) is 4.02. The monoisotopic (exact) mass is 229 g/mol. The van der Waals surface area contributed by atoms with Crippen LogP contribution in [0, 0.1) is 5.92 Å². The van der Waals surface area contributed by atoms with E-state index >= 15 is 0 Å². The summed E-state index contributed by atoms with van der Waals surface area (Å²) in [5, 5.41) is 3.97. The molecule has 1 atom stereocenters. The summed E-state index contributed by atoms with van der Waals surface area (Å²) in [6.45, 7) is 0. The molecule has 17 heavy (non-hydrogen) atoms. The molecule has 1 amide bonds. The number of hydrazone groups is 1. The number of amides is 1. The smallest absolute Gasteiger partial charge is 0.266 e. The summed E-state index contributed by atoms with van der Waals surface area (Å²) < 4.78 is 0. The molecule has 0 spiro atoms. The van der Waals surface area contributed by atoms with Crippen molar-refractivity contribution < 1.29 is 4.79 Å². The second-order valence-corrected chi connectivity index (χ2v) is 3.98. The predicted octanol–water partition coefficient (Wildman–Crippen LogP) is 2.15. The van der Waals surface area contributed by atoms with Crippen LogP contribution in [-0.4, -0.2) is 17.1 Å². The van der Waals surface area contributed by atoms with Crippen LogP contribution < -0.4 is 5.43 Å². The summed E-state index contributed by atoms with van der Waals surface area (Å²) in [5.41, 5.74) is 2.87. The first-order valence-electron chi connectivity index (χ1n) is 5.76. The highest BCUT2D eigenvalue weighted by Crippen LogP contribution is 2.15. The van der Waals surface area contributed by atoms with Crippen LogP contribution in [0.2, 0.25) is 0 Å². The zero-order valence-corrected chi connectivity index (χ0v) is 9.54. The van der Waals surface area contributed by atoms with E-state index in [2.05, 4.69) is 27.7 Å². The van der Waals surface area contributed by atoms with Gasteiger partial charge in [-0.2, -0.15) is 5.10 Å². The molecule has 0 aromatic carbocycles. The van der Waals surface area contributed by atoms with Crippen LogP contribution in [0.1, 0.15) is 29.8 Å². The lowest BCUT2D eigenvalue weighted by molar-refractivity contribution is 0.0950. The summed E-state index contributed by atoms with van der Waals surface area (Å²) in [5.74, 6) is 0.164. The summed E-state index contributed by atoms with van der Waals surface area (Å²) >= 11 is 0. The maximum atomic E-state index is 11.6. The lowest BCUT2D eigenvalue weighted by atomic mass is 9.96. The molecule has 1 aromatic heterocycles. The van der Waals surface area contributed by atoms with E-state index in [1.807, 2.05) is 6.21 Å². The zero-order chi connectivity index (χ0) is 11.9. The molecule has 4 nitrogen and oxygen atoms in total. The average molecular weight is 229 g/mol. The molecule has 0 aliphatic heterocycles. The Balaban J connectivity index is 1.84. The van der Waals surface area contributed by atoms with E-state index in [0.29, 0.717) is 11.6 Å². The third kappa shape index (κ3) is 3.52. The molecule has 1 aliphatic carbocycles. The minimum atomic E-state index is -0.270. The van der Waals surface area contributed by atoms with Crippen molar-refractivity contribution >= 4 is 12.1 Å². The number of rotatable bonds is 3. The molecule has 0 radical (unpaired) electrons. The number of pyridine rings is 1. The Bertz CT molecular complexity index is 426. The van der Waals surface area contributed by atoms with Gasteiger partial charge in [0.15, 0.2) is 0 Å². The lowest BCUT2D eigenvalue weighted by Gasteiger charge is -2.11. The van der Waals surface area contributed by atoms with Gasteiger partial charge in [-0.05, 0) is 37.3 Å². The quantitative estimate of drug-likeness (QED) is 0.490. The van der Waals surface area contributed by atoms with Crippen LogP contribution in [0.5, 0.6) is 0 Å². The molecular formula is C13H15N3O. The van der Waals surface area contributed by atoms with Crippen molar-refractivity contribution in [3.8, 4) is 0 Å². The number of allylic oxidation sites excluding steroid dienone is 2. The molecule has 0 saturated heterocycles. The largest absolute Gasteiger partial charge is 0.289 e. The van der Waals surface area contributed by atoms with E-state index in [1.54, 1.807) is 24.4 Å². The summed E-state index contributed by atoms with van der Waals surface area (Å²) in [6, 6.07) is 5.21. The van der Waals surface area contributed by atoms with Crippen LogP contribution in [0.15, 0.2) is 41.6 Å². The van der Waals surface area contributed by atoms with Crippen molar-refractivity contribution in [2.45, 2.75) is 19.3 Å². The number of nitrogens with zero attached hydrogens (tertiary/aromatic N) is 2. The van der Waals surface area contributed by atoms with E-state index < -0.39 is 0 Å². The molecule has 1 heterocycles. The molecule has 1 aliphatic rings. The van der Waals surface area contributed by atoms with Gasteiger partial charge in [0, 0.05) is 12.4 Å². The number of carbonyl (C=O) groups is 1. The van der Waals surface area contributed by atoms with Gasteiger partial charge in [0.1, 0.15) is 5.69 Å². The number of carbonyl (C=O) groups excluding carboxylic acids is 1. The minimum absolute atomic E-state index is 0.270. The fourth-order valence-electron chi connectivity index (χ4n) is 1.71. The van der Waals surface area contributed by atoms with E-state index in [4.69, 9.17) is 0 Å². The van der Waals surface area contributed by atoms with Gasteiger partial charge in [-0.3, -0.25) is 9.78 Å². The van der Waals surface area contributed by atoms with Gasteiger partial charge in [-0.15, -0.1) is 0 Å². The van der Waals surface area contributed by atoms with Crippen molar-refractivity contribution in [1.29, 1.82) is 0 Å². The Morgan fingerprint density at radius 2 is 2.41 bits per heavy atom. The van der Waals surface area contributed by atoms with Crippen molar-refractivity contribution in [3.63, 3.8) is 0 Å². The predicted molar refractivity (Wildman–Crippen MR) is 66.7 cm³/mol. The highest BCUT2D eigenvalue weighted by atomic mass is 16.2. The first-order valence-corrected chi connectivity index (χ1v) is 5.76. The molecule has 88 valence electrons. The fourth-order valence-corrected chi connectivity index (χ4v) is 1.71. The van der Waals surface area contributed by atoms with Crippen LogP contribution in [0.25, 0.3) is 0 Å². The highest BCUT2D eigenvalue weighted by molar-refractivity contribution is 5.92. The first kappa shape index (κ1) is 11.5. The van der Waals surface area contributed by atoms with Crippen LogP contribution in [-0.2, 0) is 0 Å². The standard InChI is InChI=1S/C13H15N3O/c17-13(12-8-4-5-9-14-12)16-15-10-11-6-2-1-3-7-11/h1-2,4-5,8-11H,3,6-7H2,(H,16,17)/b15-10+. The topological polar surface area (TPSA) is 54.4 Å². The van der Waals surface area contributed by atoms with Gasteiger partial charge in [0.05, 0.1) is 0 Å². The molecule has 2 rings (SSSR count). The van der Waals surface area contributed by atoms with Crippen LogP contribution >= 0.6 is 0 Å². The third-order valence-electron chi connectivity index (χ3n) is 2.66. The Morgan fingerprint density at radius 3 is 3.12 bits per heavy atom. The molecule has 1 N–H and O–H groups in total. The SMILES string of the molecule is O=C(N/N=C/C1CC=CCC1)c1ccccn1. The summed E-state index contributed by atoms with van der Waals surface area (Å²) in [4.78, 5) is 15.5. The van der Waals surface area contributed by atoms with E-state index in [9.17, 15) is 4.79 Å². The second-order valence-electron chi connectivity index (χ2n) is 3.98. The summed E-state index contributed by atoms with van der Waals surface area (Å²) in [7, 11) is 0. The van der Waals surface area contributed by atoms with Gasteiger partial charge >= 0.3 is 0 Å². The highest BCUT2D eigenvalue weighted by Gasteiger charge is 2.07. The van der Waals surface area contributed by atoms with Gasteiger partial charge in [-0.1, -0.05) is 18.2 Å². The zero-order valence-electron chi connectivity index (χ0n) is 9.54. The van der Waals surface area contributed by atoms with Gasteiger partial charge in [0.2, 0.25) is 0 Å². The molecule has 0 saturated carbocycles. The van der Waals surface area contributed by atoms with Crippen molar-refractivity contribution in [2.24, 2.45) is 11.0 Å². The maximum absolute atomic E-state index is 11.6. The average Bonchev–Trinajstić information content (AvgIpc) is 2.41. The lowest BCUT2D eigenvalue weighted by Crippen LogP contribution is -2.19. The normalized spacial score (nSPS) is 19.4. The van der Waals surface area contributed by atoms with Crippen molar-refractivity contribution in [2.75, 3.05) is 0 Å². The number of nitrogens with one attached hydrogen (secondary N) is 1. The molecule has 0 fully saturated rings. The van der Waals surface area contributed by atoms with Crippen molar-refractivity contribution in [3.05, 3.63) is 42.2 Å². The first-order chi connectivity index (χ1) is 8.36. The Hall–Kier alpha value is -1.97. The Morgan fingerprint density at radius 1 is 1.47 bits per heavy atom.